The standard InChI is InChI=1S/C24H20N4O3S2.2C21H15ClFN3O4S2.C21H16ClN3O4S2/c1-16(28-14-12-17-6-2-3-10-21(17)28)23(29)26-20-9-4-8-19-18(20)7-5-11-22(19)33(30,31)27-24-25-13-15-32-24;22-16-11-13(7-8-17(16)23)30-12-20(27)25-18-5-1-4-15-14(18)3-2-6-19(15)32(28,29)26-21-24-9-10-31-21;22-16-11-13(5-6-17(16)23)30-12-20(27)25-18-7-8-19(15-4-2-1-3-14(15)18)32(28,29)26-21-24-9-10-31-21;22-14-4-3-5-15(12-14)29-13-20(26)24-18-8-9-19(17-7-2-1-6-16(17)18)31(27,28)25-21-23-10-11-30-21/h2-16H,1H3,(H,25,27)(H,26,29);2*1-11H,12H2,(H,24,26)(H,25,27);1-12H,13H2,(H,23,25)(H,24,26). The summed E-state index contributed by atoms with van der Waals surface area (Å²) >= 11 is 22.0. The molecule has 0 saturated carbocycles. The molecule has 5 heterocycles. The number of thiazole rings is 4. The molecule has 17 aromatic rings. The minimum atomic E-state index is -3.89. The lowest BCUT2D eigenvalue weighted by molar-refractivity contribution is -0.119. The molecule has 0 fully saturated rings. The van der Waals surface area contributed by atoms with Crippen LogP contribution in [0.5, 0.6) is 17.2 Å². The number of para-hydroxylation sites is 1. The molecular weight excluding hydrogens is 1870 g/mol. The number of carbonyl (C=O) groups is 4. The first kappa shape index (κ1) is 91.0. The van der Waals surface area contributed by atoms with Crippen LogP contribution >= 0.6 is 80.1 Å². The highest BCUT2D eigenvalue weighted by Crippen LogP contribution is 2.37. The summed E-state index contributed by atoms with van der Waals surface area (Å²) < 4.78 is 158. The Hall–Kier alpha value is -13.3. The summed E-state index contributed by atoms with van der Waals surface area (Å²) in [5.41, 5.74) is 2.83. The van der Waals surface area contributed by atoms with Crippen molar-refractivity contribution in [1.82, 2.24) is 24.5 Å². The number of hydrogen-bond donors (Lipinski definition) is 8. The van der Waals surface area contributed by atoms with Crippen LogP contribution in [0.25, 0.3) is 54.0 Å². The largest absolute Gasteiger partial charge is 0.484 e. The fourth-order valence-electron chi connectivity index (χ4n) is 12.8. The third-order valence-electron chi connectivity index (χ3n) is 18.5. The maximum atomic E-state index is 13.2. The molecule has 0 spiro atoms. The molecule has 0 aliphatic heterocycles. The van der Waals surface area contributed by atoms with Gasteiger partial charge in [-0.05, 0) is 115 Å². The van der Waals surface area contributed by atoms with Crippen molar-refractivity contribution in [1.29, 1.82) is 0 Å². The third kappa shape index (κ3) is 22.6. The van der Waals surface area contributed by atoms with E-state index in [-0.39, 0.29) is 88.2 Å². The summed E-state index contributed by atoms with van der Waals surface area (Å²) in [5.74, 6) is -1.76. The van der Waals surface area contributed by atoms with Crippen LogP contribution in [0.4, 0.5) is 52.1 Å². The predicted molar refractivity (Wildman–Crippen MR) is 499 cm³/mol. The van der Waals surface area contributed by atoms with E-state index in [0.29, 0.717) is 81.7 Å². The third-order valence-corrected chi connectivity index (χ3v) is 28.2. The maximum absolute atomic E-state index is 13.2. The average Bonchev–Trinajstić information content (AvgIpc) is 1.33. The predicted octanol–water partition coefficient (Wildman–Crippen LogP) is 19.8. The van der Waals surface area contributed by atoms with Crippen molar-refractivity contribution in [2.24, 2.45) is 0 Å². The van der Waals surface area contributed by atoms with Gasteiger partial charge in [0, 0.05) is 141 Å². The zero-order valence-electron chi connectivity index (χ0n) is 65.9. The minimum Gasteiger partial charge on any atom is -0.484 e. The highest BCUT2D eigenvalue weighted by atomic mass is 35.5. The van der Waals surface area contributed by atoms with Gasteiger partial charge in [0.2, 0.25) is 5.91 Å². The quantitative estimate of drug-likeness (QED) is 0.0237. The molecule has 17 rings (SSSR count). The van der Waals surface area contributed by atoms with Crippen molar-refractivity contribution < 1.29 is 75.8 Å². The van der Waals surface area contributed by atoms with Crippen molar-refractivity contribution in [3.8, 4) is 17.2 Å². The van der Waals surface area contributed by atoms with Gasteiger partial charge in [0.15, 0.2) is 40.3 Å². The van der Waals surface area contributed by atoms with Crippen molar-refractivity contribution >= 4 is 241 Å². The lowest BCUT2D eigenvalue weighted by Crippen LogP contribution is -2.23. The van der Waals surface area contributed by atoms with Crippen LogP contribution < -0.4 is 54.4 Å². The van der Waals surface area contributed by atoms with Crippen LogP contribution in [0.15, 0.2) is 309 Å². The van der Waals surface area contributed by atoms with Crippen LogP contribution in [0.3, 0.4) is 0 Å². The summed E-state index contributed by atoms with van der Waals surface area (Å²) in [5, 5.41) is 24.4. The number of halogens is 5. The number of ether oxygens (including phenoxy) is 3. The van der Waals surface area contributed by atoms with Gasteiger partial charge in [-0.3, -0.25) is 38.1 Å². The lowest BCUT2D eigenvalue weighted by Gasteiger charge is -2.17. The van der Waals surface area contributed by atoms with E-state index in [1.807, 2.05) is 48.0 Å². The molecule has 0 radical (unpaired) electrons. The number of nitrogens with one attached hydrogen (secondary N) is 8. The van der Waals surface area contributed by atoms with Crippen molar-refractivity contribution in [2.45, 2.75) is 32.5 Å². The van der Waals surface area contributed by atoms with Gasteiger partial charge in [-0.1, -0.05) is 156 Å². The lowest BCUT2D eigenvalue weighted by atomic mass is 10.1. The van der Waals surface area contributed by atoms with E-state index in [1.54, 1.807) is 167 Å². The van der Waals surface area contributed by atoms with Gasteiger partial charge < -0.3 is 40.0 Å². The van der Waals surface area contributed by atoms with Crippen LogP contribution in [-0.4, -0.2) is 102 Å². The van der Waals surface area contributed by atoms with Gasteiger partial charge in [0.1, 0.15) is 34.9 Å². The second-order valence-corrected chi connectivity index (χ2v) is 38.4. The Labute approximate surface area is 760 Å². The molecule has 5 aromatic heterocycles. The Balaban J connectivity index is 0.000000138. The number of hydrogen-bond acceptors (Lipinski definition) is 23. The fourth-order valence-corrected chi connectivity index (χ4v) is 21.3. The molecule has 0 aliphatic carbocycles. The van der Waals surface area contributed by atoms with Crippen molar-refractivity contribution in [3.05, 3.63) is 316 Å². The SMILES string of the molecule is CC(C(=O)Nc1cccc2c(S(=O)(=O)Nc3nccs3)cccc12)n1ccc2ccccc21.O=C(COc1ccc(F)c(Cl)c1)Nc1ccc(S(=O)(=O)Nc2nccs2)c2ccccc12.O=C(COc1ccc(F)c(Cl)c1)Nc1cccc2c(S(=O)(=O)Nc3nccs3)cccc12.O=C(COc1cccc(Cl)c1)Nc1ccc(S(=O)(=O)Nc2nccs2)c2ccccc12. The average molecular weight is 1930 g/mol. The van der Waals surface area contributed by atoms with Crippen LogP contribution in [-0.2, 0) is 59.3 Å². The van der Waals surface area contributed by atoms with Crippen LogP contribution in [0.1, 0.15) is 13.0 Å². The Bertz CT molecular complexity index is 7300. The molecule has 0 bridgehead atoms. The second kappa shape index (κ2) is 40.6. The number of benzene rings is 12. The van der Waals surface area contributed by atoms with E-state index in [1.165, 1.54) is 119 Å². The number of fused-ring (bicyclic) bond motifs is 5. The molecule has 4 amide bonds. The number of sulfonamides is 4. The number of anilines is 8. The Morgan fingerprint density at radius 3 is 1.08 bits per heavy atom. The maximum Gasteiger partial charge on any atom is 0.264 e. The van der Waals surface area contributed by atoms with Gasteiger partial charge in [-0.15, -0.1) is 45.3 Å². The first-order valence-corrected chi connectivity index (χ1v) is 48.2. The summed E-state index contributed by atoms with van der Waals surface area (Å²) in [4.78, 5) is 66.5. The monoisotopic (exact) mass is 1930 g/mol. The molecule has 12 aromatic carbocycles. The van der Waals surface area contributed by atoms with Gasteiger partial charge in [-0.2, -0.15) is 0 Å². The molecular formula is C87H66Cl3F2N13O15S8. The van der Waals surface area contributed by atoms with E-state index in [4.69, 9.17) is 49.0 Å². The van der Waals surface area contributed by atoms with E-state index in [9.17, 15) is 61.6 Å². The van der Waals surface area contributed by atoms with Crippen molar-refractivity contribution in [3.63, 3.8) is 0 Å². The van der Waals surface area contributed by atoms with E-state index >= 15 is 0 Å². The first-order chi connectivity index (χ1) is 61.5. The van der Waals surface area contributed by atoms with Crippen LogP contribution in [0.2, 0.25) is 15.1 Å². The molecule has 128 heavy (non-hydrogen) atoms. The summed E-state index contributed by atoms with van der Waals surface area (Å²) in [6, 6.07) is 63.3. The topological polar surface area (TPSA) is 385 Å². The zero-order chi connectivity index (χ0) is 90.3. The van der Waals surface area contributed by atoms with Crippen LogP contribution in [0, 0.1) is 11.6 Å². The van der Waals surface area contributed by atoms with Gasteiger partial charge >= 0.3 is 0 Å². The number of nitrogens with zero attached hydrogens (tertiary/aromatic N) is 5. The summed E-state index contributed by atoms with van der Waals surface area (Å²) in [6.07, 6.45) is 7.95. The normalized spacial score (nSPS) is 11.6. The number of rotatable bonds is 27. The van der Waals surface area contributed by atoms with E-state index in [2.05, 4.69) is 60.1 Å². The van der Waals surface area contributed by atoms with Gasteiger partial charge in [0.25, 0.3) is 57.8 Å². The first-order valence-electron chi connectivity index (χ1n) is 37.6. The molecule has 1 atom stereocenters. The molecule has 41 heteroatoms. The molecule has 8 N–H and O–H groups in total. The highest BCUT2D eigenvalue weighted by Gasteiger charge is 2.27. The molecule has 0 aliphatic rings. The van der Waals surface area contributed by atoms with E-state index < -0.39 is 69.6 Å². The molecule has 0 saturated heterocycles. The second-order valence-electron chi connectivity index (χ2n) is 27.0. The Morgan fingerprint density at radius 2 is 0.695 bits per heavy atom. The molecule has 1 unspecified atom stereocenters. The molecule has 28 nitrogen and oxygen atoms in total. The Morgan fingerprint density at radius 1 is 0.367 bits per heavy atom. The van der Waals surface area contributed by atoms with Gasteiger partial charge in [0.05, 0.1) is 29.6 Å². The fraction of sp³-hybridized carbons (Fsp3) is 0.0575. The number of amides is 4. The number of carbonyl (C=O) groups excluding carboxylic acids is 4. The molecule has 652 valence electrons. The highest BCUT2D eigenvalue weighted by molar-refractivity contribution is 7.94. The summed E-state index contributed by atoms with van der Waals surface area (Å²) in [6.45, 7) is 0.922. The minimum absolute atomic E-state index is 0.0542. The smallest absolute Gasteiger partial charge is 0.264 e. The Kier molecular flexibility index (Phi) is 28.8. The summed E-state index contributed by atoms with van der Waals surface area (Å²) in [7, 11) is -15.5. The van der Waals surface area contributed by atoms with Crippen molar-refractivity contribution in [2.75, 3.05) is 60.0 Å². The number of aromatic nitrogens is 5. The van der Waals surface area contributed by atoms with E-state index in [0.717, 1.165) is 23.0 Å². The van der Waals surface area contributed by atoms with Gasteiger partial charge in [-0.25, -0.2) is 62.4 Å². The zero-order valence-corrected chi connectivity index (χ0v) is 74.7.